The van der Waals surface area contributed by atoms with E-state index in [4.69, 9.17) is 0 Å². The van der Waals surface area contributed by atoms with E-state index in [-0.39, 0.29) is 11.8 Å². The van der Waals surface area contributed by atoms with Crippen molar-refractivity contribution in [2.45, 2.75) is 13.3 Å². The topological polar surface area (TPSA) is 86.4 Å². The van der Waals surface area contributed by atoms with E-state index in [0.717, 1.165) is 39.1 Å². The van der Waals surface area contributed by atoms with Gasteiger partial charge in [-0.2, -0.15) is 0 Å². The first-order valence-electron chi connectivity index (χ1n) is 7.09. The van der Waals surface area contributed by atoms with Crippen molar-refractivity contribution in [2.75, 3.05) is 44.6 Å². The Morgan fingerprint density at radius 3 is 2.90 bits per heavy atom. The Kier molecular flexibility index (Phi) is 6.09. The van der Waals surface area contributed by atoms with Crippen molar-refractivity contribution in [3.05, 3.63) is 11.1 Å². The van der Waals surface area contributed by atoms with Crippen molar-refractivity contribution in [3.63, 3.8) is 0 Å². The van der Waals surface area contributed by atoms with Crippen molar-refractivity contribution >= 4 is 28.3 Å². The number of thiazole rings is 1. The van der Waals surface area contributed by atoms with Crippen LogP contribution in [0.3, 0.4) is 0 Å². The second-order valence-electron chi connectivity index (χ2n) is 4.92. The number of carbonyl (C=O) groups excluding carboxylic acids is 2. The summed E-state index contributed by atoms with van der Waals surface area (Å²) in [5.74, 6) is -0.379. The molecule has 3 N–H and O–H groups in total. The third kappa shape index (κ3) is 5.41. The van der Waals surface area contributed by atoms with Crippen LogP contribution in [0, 0.1) is 0 Å². The maximum atomic E-state index is 11.9. The van der Waals surface area contributed by atoms with Crippen molar-refractivity contribution in [1.29, 1.82) is 0 Å². The first-order valence-corrected chi connectivity index (χ1v) is 7.97. The van der Waals surface area contributed by atoms with E-state index in [1.54, 1.807) is 5.38 Å². The number of amides is 2. The van der Waals surface area contributed by atoms with Crippen LogP contribution in [0.4, 0.5) is 5.13 Å². The Bertz CT molecular complexity index is 485. The molecule has 1 fully saturated rings. The number of hydrogen-bond donors (Lipinski definition) is 3. The normalized spacial score (nSPS) is 15.7. The van der Waals surface area contributed by atoms with Crippen LogP contribution in [-0.2, 0) is 4.79 Å². The molecule has 0 spiro atoms. The van der Waals surface area contributed by atoms with Crippen LogP contribution in [0.15, 0.2) is 5.38 Å². The van der Waals surface area contributed by atoms with Crippen molar-refractivity contribution in [3.8, 4) is 0 Å². The fourth-order valence-electron chi connectivity index (χ4n) is 2.12. The van der Waals surface area contributed by atoms with Gasteiger partial charge in [0.25, 0.3) is 5.91 Å². The summed E-state index contributed by atoms with van der Waals surface area (Å²) in [5, 5.41) is 10.8. The lowest BCUT2D eigenvalue weighted by Crippen LogP contribution is -2.44. The molecule has 1 aromatic heterocycles. The number of anilines is 1. The molecule has 0 atom stereocenters. The molecule has 2 rings (SSSR count). The van der Waals surface area contributed by atoms with Gasteiger partial charge in [0.05, 0.1) is 0 Å². The van der Waals surface area contributed by atoms with E-state index in [0.29, 0.717) is 17.4 Å². The van der Waals surface area contributed by atoms with E-state index in [1.807, 2.05) is 0 Å². The highest BCUT2D eigenvalue weighted by atomic mass is 32.1. The van der Waals surface area contributed by atoms with Gasteiger partial charge in [0, 0.05) is 45.0 Å². The number of nitrogens with one attached hydrogen (secondary N) is 3. The van der Waals surface area contributed by atoms with Gasteiger partial charge >= 0.3 is 0 Å². The standard InChI is InChI=1S/C13H21N5O2S/c1-10(19)16-13-17-11(9-21-13)12(20)15-3-2-6-18-7-4-14-5-8-18/h9,14H,2-8H2,1H3,(H,15,20)(H,16,17,19). The van der Waals surface area contributed by atoms with Gasteiger partial charge < -0.3 is 20.9 Å². The summed E-state index contributed by atoms with van der Waals surface area (Å²) in [6, 6.07) is 0. The van der Waals surface area contributed by atoms with Gasteiger partial charge in [-0.25, -0.2) is 4.98 Å². The highest BCUT2D eigenvalue weighted by Crippen LogP contribution is 2.14. The molecule has 1 aliphatic rings. The molecule has 21 heavy (non-hydrogen) atoms. The number of rotatable bonds is 6. The van der Waals surface area contributed by atoms with Gasteiger partial charge in [-0.1, -0.05) is 0 Å². The summed E-state index contributed by atoms with van der Waals surface area (Å²) in [5.41, 5.74) is 0.353. The summed E-state index contributed by atoms with van der Waals surface area (Å²) in [7, 11) is 0. The third-order valence-corrected chi connectivity index (χ3v) is 3.92. The molecule has 1 aliphatic heterocycles. The van der Waals surface area contributed by atoms with Crippen molar-refractivity contribution in [1.82, 2.24) is 20.5 Å². The molecule has 1 aromatic rings. The molecule has 7 nitrogen and oxygen atoms in total. The van der Waals surface area contributed by atoms with Gasteiger partial charge in [0.1, 0.15) is 5.69 Å². The monoisotopic (exact) mass is 311 g/mol. The second kappa shape index (κ2) is 8.06. The van der Waals surface area contributed by atoms with Gasteiger partial charge in [-0.05, 0) is 13.0 Å². The predicted molar refractivity (Wildman–Crippen MR) is 82.7 cm³/mol. The number of piperazine rings is 1. The van der Waals surface area contributed by atoms with Crippen LogP contribution in [0.2, 0.25) is 0 Å². The average Bonchev–Trinajstić information content (AvgIpc) is 2.92. The molecular weight excluding hydrogens is 290 g/mol. The van der Waals surface area contributed by atoms with Crippen LogP contribution in [0.25, 0.3) is 0 Å². The minimum Gasteiger partial charge on any atom is -0.351 e. The average molecular weight is 311 g/mol. The Hall–Kier alpha value is -1.51. The summed E-state index contributed by atoms with van der Waals surface area (Å²) in [6.07, 6.45) is 0.925. The summed E-state index contributed by atoms with van der Waals surface area (Å²) < 4.78 is 0. The Labute approximate surface area is 128 Å². The molecule has 0 unspecified atom stereocenters. The van der Waals surface area contributed by atoms with Crippen LogP contribution in [0.5, 0.6) is 0 Å². The van der Waals surface area contributed by atoms with Crippen molar-refractivity contribution < 1.29 is 9.59 Å². The largest absolute Gasteiger partial charge is 0.351 e. The van der Waals surface area contributed by atoms with E-state index in [2.05, 4.69) is 25.8 Å². The first-order chi connectivity index (χ1) is 10.1. The van der Waals surface area contributed by atoms with E-state index < -0.39 is 0 Å². The molecule has 2 heterocycles. The van der Waals surface area contributed by atoms with Crippen LogP contribution in [0.1, 0.15) is 23.8 Å². The van der Waals surface area contributed by atoms with Gasteiger partial charge in [0.2, 0.25) is 5.91 Å². The van der Waals surface area contributed by atoms with Crippen molar-refractivity contribution in [2.24, 2.45) is 0 Å². The van der Waals surface area contributed by atoms with E-state index in [9.17, 15) is 9.59 Å². The van der Waals surface area contributed by atoms with Gasteiger partial charge in [0.15, 0.2) is 5.13 Å². The quantitative estimate of drug-likeness (QED) is 0.650. The predicted octanol–water partition coefficient (Wildman–Crippen LogP) is 0.127. The van der Waals surface area contributed by atoms with E-state index in [1.165, 1.54) is 18.3 Å². The van der Waals surface area contributed by atoms with Crippen LogP contribution in [-0.4, -0.2) is 61.0 Å². The fourth-order valence-corrected chi connectivity index (χ4v) is 2.85. The Morgan fingerprint density at radius 2 is 2.19 bits per heavy atom. The first kappa shape index (κ1) is 15.9. The Balaban J connectivity index is 1.66. The molecule has 0 radical (unpaired) electrons. The zero-order chi connectivity index (χ0) is 15.1. The molecule has 0 aromatic carbocycles. The Morgan fingerprint density at radius 1 is 1.43 bits per heavy atom. The van der Waals surface area contributed by atoms with Crippen LogP contribution < -0.4 is 16.0 Å². The highest BCUT2D eigenvalue weighted by Gasteiger charge is 2.12. The highest BCUT2D eigenvalue weighted by molar-refractivity contribution is 7.14. The minimum absolute atomic E-state index is 0.188. The fraction of sp³-hybridized carbons (Fsp3) is 0.615. The number of carbonyl (C=O) groups is 2. The van der Waals surface area contributed by atoms with Gasteiger partial charge in [-0.3, -0.25) is 9.59 Å². The second-order valence-corrected chi connectivity index (χ2v) is 5.78. The molecule has 1 saturated heterocycles. The van der Waals surface area contributed by atoms with Crippen LogP contribution >= 0.6 is 11.3 Å². The molecular formula is C13H21N5O2S. The maximum Gasteiger partial charge on any atom is 0.270 e. The molecule has 8 heteroatoms. The molecule has 0 bridgehead atoms. The van der Waals surface area contributed by atoms with E-state index >= 15 is 0 Å². The summed E-state index contributed by atoms with van der Waals surface area (Å²) in [4.78, 5) is 29.3. The smallest absolute Gasteiger partial charge is 0.270 e. The maximum absolute atomic E-state index is 11.9. The molecule has 116 valence electrons. The van der Waals surface area contributed by atoms with Gasteiger partial charge in [-0.15, -0.1) is 11.3 Å². The lowest BCUT2D eigenvalue weighted by Gasteiger charge is -2.26. The number of hydrogen-bond acceptors (Lipinski definition) is 6. The third-order valence-electron chi connectivity index (χ3n) is 3.17. The molecule has 2 amide bonds. The summed E-state index contributed by atoms with van der Waals surface area (Å²) in [6.45, 7) is 7.26. The summed E-state index contributed by atoms with van der Waals surface area (Å²) >= 11 is 1.25. The SMILES string of the molecule is CC(=O)Nc1nc(C(=O)NCCCN2CCNCC2)cs1. The molecule has 0 aliphatic carbocycles. The lowest BCUT2D eigenvalue weighted by molar-refractivity contribution is -0.114. The zero-order valence-corrected chi connectivity index (χ0v) is 13.0. The number of nitrogens with zero attached hydrogens (tertiary/aromatic N) is 2. The molecule has 0 saturated carbocycles. The minimum atomic E-state index is -0.192. The zero-order valence-electron chi connectivity index (χ0n) is 12.1. The number of aromatic nitrogens is 1. The lowest BCUT2D eigenvalue weighted by atomic mass is 10.3.